The first-order valence-corrected chi connectivity index (χ1v) is 4.46. The molecule has 0 fully saturated rings. The van der Waals surface area contributed by atoms with Gasteiger partial charge in [-0.1, -0.05) is 11.6 Å². The number of nitrogens with one attached hydrogen (secondary N) is 1. The van der Waals surface area contributed by atoms with E-state index in [1.165, 1.54) is 0 Å². The minimum atomic E-state index is -0.925. The number of fused-ring (bicyclic) bond motifs is 1. The number of hydrogen-bond donors (Lipinski definition) is 2. The maximum Gasteiger partial charge on any atom is 0.329 e. The molecular formula is C9H8ClNO3. The Morgan fingerprint density at radius 2 is 2.43 bits per heavy atom. The summed E-state index contributed by atoms with van der Waals surface area (Å²) < 4.78 is 5.25. The minimum absolute atomic E-state index is 0.114. The molecular weight excluding hydrogens is 206 g/mol. The monoisotopic (exact) mass is 213 g/mol. The lowest BCUT2D eigenvalue weighted by molar-refractivity contribution is -0.138. The lowest BCUT2D eigenvalue weighted by atomic mass is 10.2. The maximum absolute atomic E-state index is 10.7. The van der Waals surface area contributed by atoms with E-state index in [1.807, 2.05) is 0 Å². The quantitative estimate of drug-likeness (QED) is 0.744. The molecule has 1 aromatic rings. The molecule has 2 N–H and O–H groups in total. The Hall–Kier alpha value is -1.42. The van der Waals surface area contributed by atoms with Crippen LogP contribution in [-0.4, -0.2) is 23.7 Å². The third-order valence-electron chi connectivity index (χ3n) is 1.98. The van der Waals surface area contributed by atoms with E-state index in [1.54, 1.807) is 18.2 Å². The van der Waals surface area contributed by atoms with Gasteiger partial charge < -0.3 is 15.2 Å². The predicted octanol–water partition coefficient (Wildman–Crippen LogP) is 1.60. The van der Waals surface area contributed by atoms with Crippen LogP contribution in [0.1, 0.15) is 0 Å². The van der Waals surface area contributed by atoms with E-state index >= 15 is 0 Å². The highest BCUT2D eigenvalue weighted by atomic mass is 35.5. The van der Waals surface area contributed by atoms with Crippen LogP contribution in [0.2, 0.25) is 5.02 Å². The highest BCUT2D eigenvalue weighted by Crippen LogP contribution is 2.31. The first-order valence-electron chi connectivity index (χ1n) is 4.08. The molecule has 0 spiro atoms. The topological polar surface area (TPSA) is 58.6 Å². The molecule has 74 valence electrons. The second-order valence-corrected chi connectivity index (χ2v) is 3.42. The fourth-order valence-electron chi connectivity index (χ4n) is 1.27. The zero-order valence-electron chi connectivity index (χ0n) is 7.16. The van der Waals surface area contributed by atoms with Gasteiger partial charge in [0, 0.05) is 11.1 Å². The highest BCUT2D eigenvalue weighted by Gasteiger charge is 2.24. The Morgan fingerprint density at radius 1 is 1.64 bits per heavy atom. The zero-order chi connectivity index (χ0) is 10.1. The van der Waals surface area contributed by atoms with Crippen molar-refractivity contribution in [2.24, 2.45) is 0 Å². The minimum Gasteiger partial charge on any atom is -0.489 e. The summed E-state index contributed by atoms with van der Waals surface area (Å²) in [4.78, 5) is 10.7. The summed E-state index contributed by atoms with van der Waals surface area (Å²) in [7, 11) is 0. The number of hydrogen-bond acceptors (Lipinski definition) is 3. The van der Waals surface area contributed by atoms with Gasteiger partial charge in [0.25, 0.3) is 0 Å². The van der Waals surface area contributed by atoms with Crippen molar-refractivity contribution in [1.29, 1.82) is 0 Å². The molecule has 5 heteroatoms. The third kappa shape index (κ3) is 1.61. The number of carbonyl (C=O) groups is 1. The van der Waals surface area contributed by atoms with Crippen LogP contribution >= 0.6 is 11.6 Å². The van der Waals surface area contributed by atoms with Crippen LogP contribution in [0.15, 0.2) is 18.2 Å². The van der Waals surface area contributed by atoms with Crippen molar-refractivity contribution in [3.63, 3.8) is 0 Å². The smallest absolute Gasteiger partial charge is 0.329 e. The number of aliphatic carboxylic acids is 1. The molecule has 1 aromatic carbocycles. The molecule has 0 radical (unpaired) electrons. The summed E-state index contributed by atoms with van der Waals surface area (Å²) in [5, 5.41) is 12.2. The fraction of sp³-hybridized carbons (Fsp3) is 0.222. The van der Waals surface area contributed by atoms with Crippen LogP contribution in [0.25, 0.3) is 0 Å². The van der Waals surface area contributed by atoms with Crippen molar-refractivity contribution < 1.29 is 14.6 Å². The second kappa shape index (κ2) is 3.38. The maximum atomic E-state index is 10.7. The van der Waals surface area contributed by atoms with Crippen LogP contribution in [0.5, 0.6) is 5.75 Å². The third-order valence-corrected chi connectivity index (χ3v) is 2.21. The van der Waals surface area contributed by atoms with Crippen LogP contribution in [0.3, 0.4) is 0 Å². The lowest BCUT2D eigenvalue weighted by Crippen LogP contribution is -2.38. The summed E-state index contributed by atoms with van der Waals surface area (Å²) in [6, 6.07) is 4.35. The summed E-state index contributed by atoms with van der Waals surface area (Å²) in [5.74, 6) is -0.333. The second-order valence-electron chi connectivity index (χ2n) is 2.99. The standard InChI is InChI=1S/C9H8ClNO3/c10-5-1-2-6-8(3-5)14-4-7(11-6)9(12)13/h1-3,7,11H,4H2,(H,12,13)/t7-/m0/s1. The van der Waals surface area contributed by atoms with Crippen molar-refractivity contribution in [2.75, 3.05) is 11.9 Å². The molecule has 0 aliphatic carbocycles. The Labute approximate surface area is 85.4 Å². The molecule has 0 saturated carbocycles. The fourth-order valence-corrected chi connectivity index (χ4v) is 1.43. The molecule has 1 aliphatic heterocycles. The van der Waals surface area contributed by atoms with Gasteiger partial charge in [-0.25, -0.2) is 4.79 Å². The molecule has 0 bridgehead atoms. The average molecular weight is 214 g/mol. The van der Waals surface area contributed by atoms with E-state index in [2.05, 4.69) is 5.32 Å². The van der Waals surface area contributed by atoms with Gasteiger partial charge in [0.05, 0.1) is 5.69 Å². The summed E-state index contributed by atoms with van der Waals surface area (Å²) in [6.45, 7) is 0.114. The van der Waals surface area contributed by atoms with Gasteiger partial charge in [-0.3, -0.25) is 0 Å². The number of carboxylic acids is 1. The first-order chi connectivity index (χ1) is 6.66. The van der Waals surface area contributed by atoms with Crippen LogP contribution in [-0.2, 0) is 4.79 Å². The van der Waals surface area contributed by atoms with Crippen molar-refractivity contribution in [2.45, 2.75) is 6.04 Å². The van der Waals surface area contributed by atoms with E-state index < -0.39 is 12.0 Å². The first kappa shape index (κ1) is 9.15. The van der Waals surface area contributed by atoms with Gasteiger partial charge in [-0.15, -0.1) is 0 Å². The predicted molar refractivity (Wildman–Crippen MR) is 52.0 cm³/mol. The molecule has 14 heavy (non-hydrogen) atoms. The summed E-state index contributed by atoms with van der Waals surface area (Å²) in [6.07, 6.45) is 0. The van der Waals surface area contributed by atoms with Gasteiger partial charge in [0.1, 0.15) is 12.4 Å². The van der Waals surface area contributed by atoms with E-state index in [0.29, 0.717) is 16.5 Å². The summed E-state index contributed by atoms with van der Waals surface area (Å²) >= 11 is 5.75. The molecule has 2 rings (SSSR count). The molecule has 0 unspecified atom stereocenters. The van der Waals surface area contributed by atoms with Crippen LogP contribution < -0.4 is 10.1 Å². The Balaban J connectivity index is 2.27. The number of benzene rings is 1. The average Bonchev–Trinajstić information content (AvgIpc) is 2.16. The number of carboxylic acid groups (broad SMARTS) is 1. The number of rotatable bonds is 1. The normalized spacial score (nSPS) is 19.1. The van der Waals surface area contributed by atoms with Gasteiger partial charge >= 0.3 is 5.97 Å². The van der Waals surface area contributed by atoms with Gasteiger partial charge in [0.15, 0.2) is 6.04 Å². The van der Waals surface area contributed by atoms with Crippen molar-refractivity contribution in [3.05, 3.63) is 23.2 Å². The van der Waals surface area contributed by atoms with Gasteiger partial charge in [-0.05, 0) is 12.1 Å². The molecule has 1 aliphatic rings. The largest absolute Gasteiger partial charge is 0.489 e. The number of halogens is 1. The van der Waals surface area contributed by atoms with E-state index in [-0.39, 0.29) is 6.61 Å². The lowest BCUT2D eigenvalue weighted by Gasteiger charge is -2.24. The Bertz CT molecular complexity index is 380. The van der Waals surface area contributed by atoms with Crippen LogP contribution in [0.4, 0.5) is 5.69 Å². The Morgan fingerprint density at radius 3 is 3.14 bits per heavy atom. The molecule has 0 amide bonds. The van der Waals surface area contributed by atoms with Crippen molar-refractivity contribution in [3.8, 4) is 5.75 Å². The SMILES string of the molecule is O=C(O)[C@@H]1COc2cc(Cl)ccc2N1. The van der Waals surface area contributed by atoms with Crippen molar-refractivity contribution >= 4 is 23.3 Å². The molecule has 0 saturated heterocycles. The molecule has 0 aromatic heterocycles. The molecule has 1 heterocycles. The summed E-state index contributed by atoms with van der Waals surface area (Å²) in [5.41, 5.74) is 0.660. The van der Waals surface area contributed by atoms with Gasteiger partial charge in [-0.2, -0.15) is 0 Å². The van der Waals surface area contributed by atoms with Crippen molar-refractivity contribution in [1.82, 2.24) is 0 Å². The van der Waals surface area contributed by atoms with Crippen LogP contribution in [0, 0.1) is 0 Å². The van der Waals surface area contributed by atoms with E-state index in [9.17, 15) is 4.79 Å². The van der Waals surface area contributed by atoms with Gasteiger partial charge in [0.2, 0.25) is 0 Å². The molecule has 4 nitrogen and oxygen atoms in total. The zero-order valence-corrected chi connectivity index (χ0v) is 7.91. The highest BCUT2D eigenvalue weighted by molar-refractivity contribution is 6.30. The Kier molecular flexibility index (Phi) is 2.21. The number of anilines is 1. The van der Waals surface area contributed by atoms with E-state index in [4.69, 9.17) is 21.4 Å². The van der Waals surface area contributed by atoms with E-state index in [0.717, 1.165) is 0 Å². The number of ether oxygens (including phenoxy) is 1. The molecule has 1 atom stereocenters.